The highest BCUT2D eigenvalue weighted by molar-refractivity contribution is 9.10. The molecule has 1 saturated heterocycles. The van der Waals surface area contributed by atoms with E-state index in [0.717, 1.165) is 29.3 Å². The molecule has 1 aromatic carbocycles. The number of methoxy groups -OCH3 is 1. The van der Waals surface area contributed by atoms with Crippen LogP contribution >= 0.6 is 39.9 Å². The predicted molar refractivity (Wildman–Crippen MR) is 141 cm³/mol. The van der Waals surface area contributed by atoms with E-state index in [4.69, 9.17) is 26.4 Å². The first kappa shape index (κ1) is 27.7. The minimum absolute atomic E-state index is 0.154. The van der Waals surface area contributed by atoms with E-state index in [1.807, 2.05) is 19.1 Å². The second kappa shape index (κ2) is 14.6. The van der Waals surface area contributed by atoms with Gasteiger partial charge in [-0.05, 0) is 59.0 Å². The van der Waals surface area contributed by atoms with Crippen molar-refractivity contribution in [2.75, 3.05) is 26.9 Å². The van der Waals surface area contributed by atoms with Crippen molar-refractivity contribution in [1.82, 2.24) is 4.90 Å². The number of carbonyl (C=O) groups is 2. The fraction of sp³-hybridized carbons (Fsp3) is 0.542. The summed E-state index contributed by atoms with van der Waals surface area (Å²) in [6.45, 7) is 5.56. The summed E-state index contributed by atoms with van der Waals surface area (Å²) >= 11 is 10.2. The average molecular weight is 559 g/mol. The molecule has 182 valence electrons. The second-order valence-electron chi connectivity index (χ2n) is 7.60. The Bertz CT molecular complexity index is 875. The number of rotatable bonds is 14. The van der Waals surface area contributed by atoms with Crippen LogP contribution in [0.5, 0.6) is 11.5 Å². The molecule has 0 saturated carbocycles. The Morgan fingerprint density at radius 3 is 2.64 bits per heavy atom. The lowest BCUT2D eigenvalue weighted by molar-refractivity contribution is -0.144. The number of benzene rings is 1. The first-order valence-electron chi connectivity index (χ1n) is 11.3. The van der Waals surface area contributed by atoms with Crippen LogP contribution < -0.4 is 9.47 Å². The Morgan fingerprint density at radius 1 is 1.15 bits per heavy atom. The van der Waals surface area contributed by atoms with E-state index >= 15 is 0 Å². The second-order valence-corrected chi connectivity index (χ2v) is 10.1. The van der Waals surface area contributed by atoms with Crippen LogP contribution in [0.1, 0.15) is 64.4 Å². The Labute approximate surface area is 214 Å². The zero-order chi connectivity index (χ0) is 24.2. The van der Waals surface area contributed by atoms with Gasteiger partial charge in [-0.2, -0.15) is 0 Å². The third kappa shape index (κ3) is 8.61. The largest absolute Gasteiger partial charge is 0.493 e. The van der Waals surface area contributed by atoms with Crippen molar-refractivity contribution in [2.45, 2.75) is 58.8 Å². The number of ether oxygens (including phenoxy) is 3. The van der Waals surface area contributed by atoms with Crippen LogP contribution in [0.3, 0.4) is 0 Å². The maximum absolute atomic E-state index is 12.9. The van der Waals surface area contributed by atoms with E-state index in [1.54, 1.807) is 18.1 Å². The molecule has 0 atom stereocenters. The molecule has 1 fully saturated rings. The van der Waals surface area contributed by atoms with Gasteiger partial charge in [-0.15, -0.1) is 0 Å². The van der Waals surface area contributed by atoms with Crippen LogP contribution in [0.4, 0.5) is 0 Å². The quantitative estimate of drug-likeness (QED) is 0.114. The lowest BCUT2D eigenvalue weighted by Gasteiger charge is -2.14. The van der Waals surface area contributed by atoms with Crippen LogP contribution in [0, 0.1) is 0 Å². The summed E-state index contributed by atoms with van der Waals surface area (Å²) in [4.78, 5) is 26.6. The normalized spacial score (nSPS) is 14.8. The lowest BCUT2D eigenvalue weighted by Crippen LogP contribution is -2.29. The molecule has 0 bridgehead atoms. The van der Waals surface area contributed by atoms with E-state index in [0.29, 0.717) is 46.9 Å². The van der Waals surface area contributed by atoms with Crippen molar-refractivity contribution in [3.8, 4) is 11.5 Å². The molecular formula is C24H32BrNO5S2. The number of esters is 1. The third-order valence-corrected chi connectivity index (χ3v) is 6.86. The summed E-state index contributed by atoms with van der Waals surface area (Å²) in [7, 11) is 1.60. The molecule has 1 aromatic rings. The van der Waals surface area contributed by atoms with Crippen LogP contribution in [-0.2, 0) is 14.3 Å². The maximum atomic E-state index is 12.9. The Morgan fingerprint density at radius 2 is 1.94 bits per heavy atom. The molecule has 0 spiro atoms. The minimum atomic E-state index is -0.248. The van der Waals surface area contributed by atoms with Crippen molar-refractivity contribution in [1.29, 1.82) is 0 Å². The Balaban J connectivity index is 2.02. The van der Waals surface area contributed by atoms with Gasteiger partial charge in [-0.1, -0.05) is 57.1 Å². The molecule has 1 heterocycles. The van der Waals surface area contributed by atoms with Gasteiger partial charge in [0.25, 0.3) is 5.91 Å². The number of thiocarbonyl (C=S) groups is 1. The standard InChI is InChI=1S/C24H32BrNO5S2/c1-4-6-7-8-13-31-22-18(25)14-17(15-19(22)29-3)16-20-23(28)26(24(32)33-20)11-9-10-21(27)30-12-5-2/h14-16H,4-13H2,1-3H3/b20-16-. The number of carbonyl (C=O) groups excluding carboxylic acids is 2. The third-order valence-electron chi connectivity index (χ3n) is 4.90. The highest BCUT2D eigenvalue weighted by Crippen LogP contribution is 2.39. The summed E-state index contributed by atoms with van der Waals surface area (Å²) < 4.78 is 17.8. The van der Waals surface area contributed by atoms with Gasteiger partial charge in [0, 0.05) is 13.0 Å². The molecule has 6 nitrogen and oxygen atoms in total. The topological polar surface area (TPSA) is 65.1 Å². The molecule has 0 N–H and O–H groups in total. The molecule has 1 aliphatic rings. The van der Waals surface area contributed by atoms with Crippen LogP contribution in [0.25, 0.3) is 6.08 Å². The zero-order valence-corrected chi connectivity index (χ0v) is 22.7. The molecule has 0 unspecified atom stereocenters. The van der Waals surface area contributed by atoms with Crippen LogP contribution in [0.15, 0.2) is 21.5 Å². The zero-order valence-electron chi connectivity index (χ0n) is 19.5. The average Bonchev–Trinajstić information content (AvgIpc) is 3.05. The number of halogens is 1. The van der Waals surface area contributed by atoms with E-state index in [1.165, 1.54) is 24.6 Å². The van der Waals surface area contributed by atoms with Gasteiger partial charge in [0.15, 0.2) is 11.5 Å². The minimum Gasteiger partial charge on any atom is -0.493 e. The van der Waals surface area contributed by atoms with Gasteiger partial charge in [0.1, 0.15) is 4.32 Å². The van der Waals surface area contributed by atoms with E-state index in [-0.39, 0.29) is 18.3 Å². The van der Waals surface area contributed by atoms with E-state index in [9.17, 15) is 9.59 Å². The molecule has 1 amide bonds. The van der Waals surface area contributed by atoms with E-state index in [2.05, 4.69) is 22.9 Å². The van der Waals surface area contributed by atoms with Gasteiger partial charge in [0.05, 0.1) is 29.7 Å². The molecule has 1 aliphatic heterocycles. The lowest BCUT2D eigenvalue weighted by atomic mass is 10.1. The maximum Gasteiger partial charge on any atom is 0.305 e. The van der Waals surface area contributed by atoms with E-state index < -0.39 is 0 Å². The fourth-order valence-corrected chi connectivity index (χ4v) is 5.06. The molecule has 0 aliphatic carbocycles. The van der Waals surface area contributed by atoms with Gasteiger partial charge in [0.2, 0.25) is 0 Å². The fourth-order valence-electron chi connectivity index (χ4n) is 3.18. The van der Waals surface area contributed by atoms with Crippen molar-refractivity contribution >= 4 is 62.2 Å². The summed E-state index contributed by atoms with van der Waals surface area (Å²) in [5.41, 5.74) is 0.806. The van der Waals surface area contributed by atoms with Crippen molar-refractivity contribution in [3.63, 3.8) is 0 Å². The number of unbranched alkanes of at least 4 members (excludes halogenated alkanes) is 3. The van der Waals surface area contributed by atoms with Gasteiger partial charge >= 0.3 is 5.97 Å². The summed E-state index contributed by atoms with van der Waals surface area (Å²) in [6.07, 6.45) is 7.86. The van der Waals surface area contributed by atoms with Gasteiger partial charge in [-0.3, -0.25) is 14.5 Å². The van der Waals surface area contributed by atoms with Crippen LogP contribution in [-0.4, -0.2) is 48.0 Å². The molecule has 0 radical (unpaired) electrons. The summed E-state index contributed by atoms with van der Waals surface area (Å²) in [6, 6.07) is 3.75. The highest BCUT2D eigenvalue weighted by Gasteiger charge is 2.31. The van der Waals surface area contributed by atoms with Crippen molar-refractivity contribution in [3.05, 3.63) is 27.1 Å². The number of amides is 1. The number of hydrogen-bond donors (Lipinski definition) is 0. The summed E-state index contributed by atoms with van der Waals surface area (Å²) in [5.74, 6) is 0.863. The molecule has 33 heavy (non-hydrogen) atoms. The highest BCUT2D eigenvalue weighted by atomic mass is 79.9. The number of nitrogens with zero attached hydrogens (tertiary/aromatic N) is 1. The Kier molecular flexibility index (Phi) is 12.3. The smallest absolute Gasteiger partial charge is 0.305 e. The summed E-state index contributed by atoms with van der Waals surface area (Å²) in [5, 5.41) is 0. The van der Waals surface area contributed by atoms with Crippen molar-refractivity contribution < 1.29 is 23.8 Å². The Hall–Kier alpha value is -1.58. The SMILES string of the molecule is CCCCCCOc1c(Br)cc(/C=C2\SC(=S)N(CCCC(=O)OCCC)C2=O)cc1OC. The number of hydrogen-bond acceptors (Lipinski definition) is 7. The van der Waals surface area contributed by atoms with Crippen LogP contribution in [0.2, 0.25) is 0 Å². The van der Waals surface area contributed by atoms with Gasteiger partial charge in [-0.25, -0.2) is 0 Å². The molecule has 2 rings (SSSR count). The molecular weight excluding hydrogens is 526 g/mol. The first-order valence-corrected chi connectivity index (χ1v) is 13.3. The first-order chi connectivity index (χ1) is 15.9. The molecule has 0 aromatic heterocycles. The van der Waals surface area contributed by atoms with Crippen molar-refractivity contribution in [2.24, 2.45) is 0 Å². The van der Waals surface area contributed by atoms with Gasteiger partial charge < -0.3 is 14.2 Å². The molecule has 9 heteroatoms. The monoisotopic (exact) mass is 557 g/mol. The number of thioether (sulfide) groups is 1. The predicted octanol–water partition coefficient (Wildman–Crippen LogP) is 6.35.